The van der Waals surface area contributed by atoms with Gasteiger partial charge in [0.25, 0.3) is 5.91 Å². The van der Waals surface area contributed by atoms with Crippen LogP contribution in [0.4, 0.5) is 18.9 Å². The lowest BCUT2D eigenvalue weighted by Crippen LogP contribution is -2.12. The van der Waals surface area contributed by atoms with Gasteiger partial charge in [-0.15, -0.1) is 11.3 Å². The molecule has 3 aromatic rings. The third-order valence-electron chi connectivity index (χ3n) is 3.71. The summed E-state index contributed by atoms with van der Waals surface area (Å²) in [5.41, 5.74) is 0.0590. The molecule has 2 heterocycles. The van der Waals surface area contributed by atoms with Gasteiger partial charge in [-0.1, -0.05) is 12.1 Å². The molecule has 1 amide bonds. The van der Waals surface area contributed by atoms with Crippen LogP contribution >= 0.6 is 11.3 Å². The topological polar surface area (TPSA) is 73.3 Å². The molecule has 0 saturated carbocycles. The van der Waals surface area contributed by atoms with Crippen LogP contribution in [0.25, 0.3) is 10.6 Å². The van der Waals surface area contributed by atoms with E-state index in [-0.39, 0.29) is 5.69 Å². The Morgan fingerprint density at radius 3 is 2.72 bits per heavy atom. The zero-order chi connectivity index (χ0) is 20.9. The second-order valence-corrected chi connectivity index (χ2v) is 6.66. The van der Waals surface area contributed by atoms with Gasteiger partial charge >= 0.3 is 6.18 Å². The minimum absolute atomic E-state index is 0.0998. The van der Waals surface area contributed by atoms with Crippen LogP contribution in [-0.4, -0.2) is 36.2 Å². The summed E-state index contributed by atoms with van der Waals surface area (Å²) < 4.78 is 48.8. The molecule has 0 radical (unpaired) electrons. The molecule has 3 rings (SSSR count). The van der Waals surface area contributed by atoms with Gasteiger partial charge in [0, 0.05) is 24.1 Å². The summed E-state index contributed by atoms with van der Waals surface area (Å²) in [6, 6.07) is 8.03. The Morgan fingerprint density at radius 1 is 1.21 bits per heavy atom. The Balaban J connectivity index is 1.67. The fourth-order valence-electron chi connectivity index (χ4n) is 2.30. The maximum Gasteiger partial charge on any atom is 0.416 e. The van der Waals surface area contributed by atoms with E-state index in [4.69, 9.17) is 9.47 Å². The third kappa shape index (κ3) is 5.52. The Labute approximate surface area is 168 Å². The van der Waals surface area contributed by atoms with Crippen molar-refractivity contribution in [3.05, 3.63) is 59.2 Å². The van der Waals surface area contributed by atoms with E-state index in [1.807, 2.05) is 0 Å². The van der Waals surface area contributed by atoms with E-state index >= 15 is 0 Å². The number of hydrogen-bond donors (Lipinski definition) is 1. The molecule has 0 aliphatic heterocycles. The van der Waals surface area contributed by atoms with Gasteiger partial charge < -0.3 is 14.8 Å². The number of hydrogen-bond acceptors (Lipinski definition) is 6. The molecule has 10 heteroatoms. The van der Waals surface area contributed by atoms with Crippen molar-refractivity contribution < 1.29 is 27.4 Å². The summed E-state index contributed by atoms with van der Waals surface area (Å²) in [6.07, 6.45) is -3.01. The van der Waals surface area contributed by atoms with E-state index in [1.165, 1.54) is 23.7 Å². The van der Waals surface area contributed by atoms with Crippen LogP contribution in [0.1, 0.15) is 16.1 Å². The summed E-state index contributed by atoms with van der Waals surface area (Å²) in [5, 5.41) is 4.44. The van der Waals surface area contributed by atoms with Crippen molar-refractivity contribution in [2.24, 2.45) is 0 Å². The maximum atomic E-state index is 12.9. The highest BCUT2D eigenvalue weighted by molar-refractivity contribution is 7.13. The molecule has 0 aliphatic carbocycles. The Hall–Kier alpha value is -2.98. The minimum Gasteiger partial charge on any atom is -0.475 e. The van der Waals surface area contributed by atoms with Gasteiger partial charge in [-0.05, 0) is 18.2 Å². The lowest BCUT2D eigenvalue weighted by atomic mass is 10.1. The van der Waals surface area contributed by atoms with Crippen molar-refractivity contribution in [1.82, 2.24) is 9.97 Å². The number of thiazole rings is 1. The molecule has 1 aromatic carbocycles. The summed E-state index contributed by atoms with van der Waals surface area (Å²) in [5.74, 6) is -0.102. The van der Waals surface area contributed by atoms with E-state index in [1.54, 1.807) is 19.2 Å². The number of rotatable bonds is 7. The molecule has 0 saturated heterocycles. The number of amides is 1. The Morgan fingerprint density at radius 2 is 2.03 bits per heavy atom. The van der Waals surface area contributed by atoms with Crippen LogP contribution < -0.4 is 10.1 Å². The van der Waals surface area contributed by atoms with E-state index in [0.29, 0.717) is 35.4 Å². The normalized spacial score (nSPS) is 11.3. The molecule has 1 N–H and O–H groups in total. The summed E-state index contributed by atoms with van der Waals surface area (Å²) in [4.78, 5) is 20.6. The van der Waals surface area contributed by atoms with Gasteiger partial charge in [-0.25, -0.2) is 9.97 Å². The SMILES string of the molecule is COCCOc1ccc(NC(=O)c2csc(-c3cccc(C(F)(F)F)c3)n2)cn1. The number of aromatic nitrogens is 2. The van der Waals surface area contributed by atoms with Crippen molar-refractivity contribution in [1.29, 1.82) is 0 Å². The highest BCUT2D eigenvalue weighted by Gasteiger charge is 2.30. The van der Waals surface area contributed by atoms with Gasteiger partial charge in [0.05, 0.1) is 24.1 Å². The number of ether oxygens (including phenoxy) is 2. The van der Waals surface area contributed by atoms with Crippen molar-refractivity contribution in [2.75, 3.05) is 25.6 Å². The van der Waals surface area contributed by atoms with Crippen molar-refractivity contribution >= 4 is 22.9 Å². The number of halogens is 3. The van der Waals surface area contributed by atoms with Crippen LogP contribution in [0.15, 0.2) is 48.0 Å². The fourth-order valence-corrected chi connectivity index (χ4v) is 3.10. The predicted octanol–water partition coefficient (Wildman–Crippen LogP) is 4.50. The molecule has 0 spiro atoms. The number of alkyl halides is 3. The quantitative estimate of drug-likeness (QED) is 0.567. The van der Waals surface area contributed by atoms with Crippen molar-refractivity contribution in [2.45, 2.75) is 6.18 Å². The molecule has 6 nitrogen and oxygen atoms in total. The Kier molecular flexibility index (Phi) is 6.45. The first-order chi connectivity index (χ1) is 13.9. The molecule has 0 atom stereocenters. The third-order valence-corrected chi connectivity index (χ3v) is 4.60. The molecule has 2 aromatic heterocycles. The molecular weight excluding hydrogens is 407 g/mol. The highest BCUT2D eigenvalue weighted by atomic mass is 32.1. The zero-order valence-electron chi connectivity index (χ0n) is 15.2. The average molecular weight is 423 g/mol. The first kappa shape index (κ1) is 20.7. The van der Waals surface area contributed by atoms with Gasteiger partial charge in [0.2, 0.25) is 5.88 Å². The number of anilines is 1. The number of carbonyl (C=O) groups is 1. The molecule has 0 fully saturated rings. The summed E-state index contributed by atoms with van der Waals surface area (Å²) >= 11 is 1.09. The Bertz CT molecular complexity index is 975. The smallest absolute Gasteiger partial charge is 0.416 e. The fraction of sp³-hybridized carbons (Fsp3) is 0.211. The first-order valence-corrected chi connectivity index (χ1v) is 9.27. The number of nitrogens with one attached hydrogen (secondary N) is 1. The maximum absolute atomic E-state index is 12.9. The predicted molar refractivity (Wildman–Crippen MR) is 102 cm³/mol. The highest BCUT2D eigenvalue weighted by Crippen LogP contribution is 2.33. The van der Waals surface area contributed by atoms with E-state index in [2.05, 4.69) is 15.3 Å². The van der Waals surface area contributed by atoms with Gasteiger partial charge in [-0.2, -0.15) is 13.2 Å². The second kappa shape index (κ2) is 9.01. The van der Waals surface area contributed by atoms with Crippen LogP contribution in [0.2, 0.25) is 0 Å². The second-order valence-electron chi connectivity index (χ2n) is 5.80. The number of nitrogens with zero attached hydrogens (tertiary/aromatic N) is 2. The van der Waals surface area contributed by atoms with Crippen molar-refractivity contribution in [3.63, 3.8) is 0 Å². The van der Waals surface area contributed by atoms with Crippen molar-refractivity contribution in [3.8, 4) is 16.5 Å². The van der Waals surface area contributed by atoms with Gasteiger partial charge in [0.15, 0.2) is 0 Å². The molecule has 0 aliphatic rings. The molecule has 152 valence electrons. The molecular formula is C19H16F3N3O3S. The number of pyridine rings is 1. The van der Waals surface area contributed by atoms with Gasteiger partial charge in [-0.3, -0.25) is 4.79 Å². The lowest BCUT2D eigenvalue weighted by molar-refractivity contribution is -0.137. The van der Waals surface area contributed by atoms with E-state index < -0.39 is 17.6 Å². The summed E-state index contributed by atoms with van der Waals surface area (Å²) in [7, 11) is 1.56. The molecule has 29 heavy (non-hydrogen) atoms. The van der Waals surface area contributed by atoms with Crippen LogP contribution in [0.3, 0.4) is 0 Å². The monoisotopic (exact) mass is 423 g/mol. The van der Waals surface area contributed by atoms with E-state index in [9.17, 15) is 18.0 Å². The summed E-state index contributed by atoms with van der Waals surface area (Å²) in [6.45, 7) is 0.782. The standard InChI is InChI=1S/C19H16F3N3O3S/c1-27-7-8-28-16-6-5-14(10-23-16)24-17(26)15-11-29-18(25-15)12-3-2-4-13(9-12)19(20,21)22/h2-6,9-11H,7-8H2,1H3,(H,24,26). The average Bonchev–Trinajstić information content (AvgIpc) is 3.19. The molecule has 0 bridgehead atoms. The first-order valence-electron chi connectivity index (χ1n) is 8.39. The van der Waals surface area contributed by atoms with Gasteiger partial charge in [0.1, 0.15) is 17.3 Å². The number of methoxy groups -OCH3 is 1. The minimum atomic E-state index is -4.44. The van der Waals surface area contributed by atoms with E-state index in [0.717, 1.165) is 23.5 Å². The largest absolute Gasteiger partial charge is 0.475 e. The zero-order valence-corrected chi connectivity index (χ0v) is 16.0. The number of carbonyl (C=O) groups excluding carboxylic acids is 1. The van der Waals surface area contributed by atoms with Crippen LogP contribution in [0.5, 0.6) is 5.88 Å². The van der Waals surface area contributed by atoms with Crippen LogP contribution in [0, 0.1) is 0 Å². The lowest BCUT2D eigenvalue weighted by Gasteiger charge is -2.07. The van der Waals surface area contributed by atoms with Crippen LogP contribution in [-0.2, 0) is 10.9 Å². The number of benzene rings is 1. The molecule has 0 unspecified atom stereocenters.